The van der Waals surface area contributed by atoms with Crippen LogP contribution in [-0.2, 0) is 0 Å². The van der Waals surface area contributed by atoms with E-state index in [0.29, 0.717) is 0 Å². The van der Waals surface area contributed by atoms with Gasteiger partial charge < -0.3 is 19.3 Å². The van der Waals surface area contributed by atoms with Crippen molar-refractivity contribution in [3.8, 4) is 39.1 Å². The molecule has 1 heterocycles. The van der Waals surface area contributed by atoms with E-state index in [0.717, 1.165) is 111 Å². The molecule has 0 fully saturated rings. The number of furan rings is 1. The van der Waals surface area contributed by atoms with Gasteiger partial charge in [0.25, 0.3) is 0 Å². The third kappa shape index (κ3) is 6.38. The molecule has 0 aliphatic carbocycles. The van der Waals surface area contributed by atoms with Crippen LogP contribution in [0.25, 0.3) is 87.6 Å². The second kappa shape index (κ2) is 16.1. The molecule has 0 spiro atoms. The fourth-order valence-corrected chi connectivity index (χ4v) is 10.5. The monoisotopic (exact) mass is 870 g/mol. The minimum absolute atomic E-state index is 0.247. The van der Waals surface area contributed by atoms with Crippen molar-refractivity contribution in [2.45, 2.75) is 0 Å². The standard InChI is InChI=1S/C64H42N2O2/c67-60-31-13-9-25-50(60)46-21-15-22-47(41-46)65(55-28-11-7-23-48(55)42-17-3-1-4-18-42)57-39-35-44-34-38-54-58(40-36-45-33-37-53(57)62(44)63(45)54)66(56-29-12-8-24-49(56)43-19-5-2-6-20-43)59-30-16-27-52-51-26-10-14-32-61(51)68-64(52)59/h1-41,67H. The van der Waals surface area contributed by atoms with Gasteiger partial charge in [-0.3, -0.25) is 0 Å². The fraction of sp³-hybridized carbons (Fsp3) is 0. The van der Waals surface area contributed by atoms with Crippen LogP contribution in [0.3, 0.4) is 0 Å². The number of fused-ring (bicyclic) bond motifs is 3. The van der Waals surface area contributed by atoms with E-state index in [9.17, 15) is 5.11 Å². The van der Waals surface area contributed by atoms with Crippen LogP contribution < -0.4 is 9.80 Å². The summed E-state index contributed by atoms with van der Waals surface area (Å²) in [5.41, 5.74) is 14.0. The summed E-state index contributed by atoms with van der Waals surface area (Å²) < 4.78 is 6.83. The van der Waals surface area contributed by atoms with Crippen molar-refractivity contribution < 1.29 is 9.52 Å². The van der Waals surface area contributed by atoms with Crippen molar-refractivity contribution in [2.24, 2.45) is 0 Å². The van der Waals surface area contributed by atoms with E-state index in [-0.39, 0.29) is 5.75 Å². The molecule has 0 unspecified atom stereocenters. The smallest absolute Gasteiger partial charge is 0.159 e. The number of anilines is 6. The Morgan fingerprint density at radius 2 is 0.794 bits per heavy atom. The van der Waals surface area contributed by atoms with Gasteiger partial charge in [0.1, 0.15) is 11.3 Å². The molecule has 13 rings (SSSR count). The van der Waals surface area contributed by atoms with Gasteiger partial charge in [0, 0.05) is 43.9 Å². The van der Waals surface area contributed by atoms with Gasteiger partial charge in [0.15, 0.2) is 5.58 Å². The fourth-order valence-electron chi connectivity index (χ4n) is 10.5. The van der Waals surface area contributed by atoms with E-state index in [1.807, 2.05) is 24.3 Å². The number of aromatic hydroxyl groups is 1. The lowest BCUT2D eigenvalue weighted by Crippen LogP contribution is -2.13. The van der Waals surface area contributed by atoms with Crippen molar-refractivity contribution in [3.05, 3.63) is 249 Å². The van der Waals surface area contributed by atoms with Crippen molar-refractivity contribution in [1.82, 2.24) is 0 Å². The lowest BCUT2D eigenvalue weighted by Gasteiger charge is -2.31. The Bertz CT molecular complexity index is 4010. The van der Waals surface area contributed by atoms with Crippen molar-refractivity contribution in [2.75, 3.05) is 9.80 Å². The molecule has 4 nitrogen and oxygen atoms in total. The number of rotatable bonds is 9. The molecule has 13 aromatic rings. The molecular formula is C64H42N2O2. The Kier molecular flexibility index (Phi) is 9.29. The zero-order valence-electron chi connectivity index (χ0n) is 36.9. The van der Waals surface area contributed by atoms with Gasteiger partial charge in [-0.2, -0.15) is 0 Å². The predicted octanol–water partition coefficient (Wildman–Crippen LogP) is 18.1. The van der Waals surface area contributed by atoms with E-state index in [4.69, 9.17) is 4.42 Å². The third-order valence-electron chi connectivity index (χ3n) is 13.5. The number of para-hydroxylation sites is 5. The summed E-state index contributed by atoms with van der Waals surface area (Å²) >= 11 is 0. The highest BCUT2D eigenvalue weighted by Crippen LogP contribution is 2.51. The van der Waals surface area contributed by atoms with Crippen molar-refractivity contribution >= 4 is 88.4 Å². The second-order valence-corrected chi connectivity index (χ2v) is 17.3. The maximum atomic E-state index is 11.1. The minimum Gasteiger partial charge on any atom is -0.507 e. The largest absolute Gasteiger partial charge is 0.507 e. The van der Waals surface area contributed by atoms with Gasteiger partial charge in [0.2, 0.25) is 0 Å². The SMILES string of the molecule is Oc1ccccc1-c1cccc(N(c2ccccc2-c2ccccc2)c2ccc3ccc4c(N(c5ccccc5-c5ccccc5)c5cccc6c5oc5ccccc56)ccc5ccc2c3c54)c1. The first-order valence-corrected chi connectivity index (χ1v) is 23.1. The molecule has 320 valence electrons. The number of hydrogen-bond acceptors (Lipinski definition) is 4. The zero-order valence-corrected chi connectivity index (χ0v) is 36.9. The van der Waals surface area contributed by atoms with Crippen LogP contribution in [0.15, 0.2) is 253 Å². The summed E-state index contributed by atoms with van der Waals surface area (Å²) in [6, 6.07) is 87.7. The summed E-state index contributed by atoms with van der Waals surface area (Å²) in [5, 5.41) is 20.2. The highest BCUT2D eigenvalue weighted by molar-refractivity contribution is 6.28. The number of benzene rings is 12. The lowest BCUT2D eigenvalue weighted by molar-refractivity contribution is 0.477. The van der Waals surface area contributed by atoms with E-state index in [2.05, 4.69) is 228 Å². The van der Waals surface area contributed by atoms with E-state index in [1.165, 1.54) is 10.8 Å². The maximum absolute atomic E-state index is 11.1. The van der Waals surface area contributed by atoms with Crippen LogP contribution in [0.2, 0.25) is 0 Å². The molecule has 0 saturated carbocycles. The molecule has 0 amide bonds. The maximum Gasteiger partial charge on any atom is 0.159 e. The van der Waals surface area contributed by atoms with Crippen molar-refractivity contribution in [3.63, 3.8) is 0 Å². The zero-order chi connectivity index (χ0) is 45.1. The van der Waals surface area contributed by atoms with Crippen LogP contribution in [0.5, 0.6) is 5.75 Å². The molecule has 0 atom stereocenters. The first-order valence-electron chi connectivity index (χ1n) is 23.1. The van der Waals surface area contributed by atoms with E-state index < -0.39 is 0 Å². The molecule has 0 bridgehead atoms. The van der Waals surface area contributed by atoms with Crippen LogP contribution in [0.4, 0.5) is 34.1 Å². The molecular weight excluding hydrogens is 829 g/mol. The summed E-state index contributed by atoms with van der Waals surface area (Å²) in [5.74, 6) is 0.247. The van der Waals surface area contributed by atoms with Gasteiger partial charge in [-0.15, -0.1) is 0 Å². The highest BCUT2D eigenvalue weighted by atomic mass is 16.3. The molecule has 0 aliphatic heterocycles. The van der Waals surface area contributed by atoms with Crippen LogP contribution >= 0.6 is 0 Å². The summed E-state index contributed by atoms with van der Waals surface area (Å²) in [4.78, 5) is 4.80. The van der Waals surface area contributed by atoms with Gasteiger partial charge in [-0.05, 0) is 92.8 Å². The number of nitrogens with zero attached hydrogens (tertiary/aromatic N) is 2. The van der Waals surface area contributed by atoms with Crippen LogP contribution in [0.1, 0.15) is 0 Å². The average Bonchev–Trinajstić information content (AvgIpc) is 3.79. The number of phenolic OH excluding ortho intramolecular Hbond substituents is 1. The minimum atomic E-state index is 0.247. The molecule has 12 aromatic carbocycles. The Hall–Kier alpha value is -9.12. The Labute approximate surface area is 393 Å². The van der Waals surface area contributed by atoms with Gasteiger partial charge >= 0.3 is 0 Å². The normalized spacial score (nSPS) is 11.6. The molecule has 68 heavy (non-hydrogen) atoms. The average molecular weight is 871 g/mol. The van der Waals surface area contributed by atoms with Crippen LogP contribution in [-0.4, -0.2) is 5.11 Å². The van der Waals surface area contributed by atoms with Crippen LogP contribution in [0, 0.1) is 0 Å². The molecule has 1 N–H and O–H groups in total. The Morgan fingerprint density at radius 3 is 1.46 bits per heavy atom. The summed E-state index contributed by atoms with van der Waals surface area (Å²) in [7, 11) is 0. The number of phenols is 1. The Morgan fingerprint density at radius 1 is 0.309 bits per heavy atom. The van der Waals surface area contributed by atoms with E-state index >= 15 is 0 Å². The first kappa shape index (κ1) is 39.3. The molecule has 4 heteroatoms. The van der Waals surface area contributed by atoms with Crippen molar-refractivity contribution in [1.29, 1.82) is 0 Å². The quantitative estimate of drug-likeness (QED) is 0.147. The highest BCUT2D eigenvalue weighted by Gasteiger charge is 2.26. The molecule has 0 aliphatic rings. The summed E-state index contributed by atoms with van der Waals surface area (Å²) in [6.07, 6.45) is 0. The molecule has 1 aromatic heterocycles. The van der Waals surface area contributed by atoms with Gasteiger partial charge in [0.05, 0.1) is 28.4 Å². The first-order chi connectivity index (χ1) is 33.7. The van der Waals surface area contributed by atoms with E-state index in [1.54, 1.807) is 6.07 Å². The number of hydrogen-bond donors (Lipinski definition) is 1. The molecule has 0 saturated heterocycles. The molecule has 0 radical (unpaired) electrons. The predicted molar refractivity (Wildman–Crippen MR) is 285 cm³/mol. The lowest BCUT2D eigenvalue weighted by atomic mass is 9.91. The topological polar surface area (TPSA) is 39.9 Å². The Balaban J connectivity index is 1.09. The third-order valence-corrected chi connectivity index (χ3v) is 13.5. The summed E-state index contributed by atoms with van der Waals surface area (Å²) in [6.45, 7) is 0. The second-order valence-electron chi connectivity index (χ2n) is 17.3. The van der Waals surface area contributed by atoms with Gasteiger partial charge in [-0.1, -0.05) is 194 Å². The van der Waals surface area contributed by atoms with Gasteiger partial charge in [-0.25, -0.2) is 0 Å².